The van der Waals surface area contributed by atoms with Crippen molar-refractivity contribution in [2.45, 2.75) is 33.3 Å². The number of alkyl halides is 2. The summed E-state index contributed by atoms with van der Waals surface area (Å²) in [5.41, 5.74) is 2.67. The van der Waals surface area contributed by atoms with Gasteiger partial charge in [0.2, 0.25) is 0 Å². The van der Waals surface area contributed by atoms with Gasteiger partial charge in [0.1, 0.15) is 5.75 Å². The average Bonchev–Trinajstić information content (AvgIpc) is 2.19. The third-order valence-electron chi connectivity index (χ3n) is 2.42. The largest absolute Gasteiger partial charge is 0.432 e. The second-order valence-electron chi connectivity index (χ2n) is 3.74. The molecule has 0 aliphatic carbocycles. The quantitative estimate of drug-likeness (QED) is 0.851. The van der Waals surface area contributed by atoms with Crippen LogP contribution >= 0.6 is 0 Å². The van der Waals surface area contributed by atoms with Crippen molar-refractivity contribution < 1.29 is 13.5 Å². The second-order valence-corrected chi connectivity index (χ2v) is 3.74. The highest BCUT2D eigenvalue weighted by atomic mass is 19.3. The van der Waals surface area contributed by atoms with Crippen LogP contribution in [0.1, 0.15) is 25.0 Å². The van der Waals surface area contributed by atoms with Crippen molar-refractivity contribution in [3.05, 3.63) is 23.3 Å². The van der Waals surface area contributed by atoms with Gasteiger partial charge < -0.3 is 10.1 Å². The van der Waals surface area contributed by atoms with E-state index in [-0.39, 0.29) is 5.75 Å². The van der Waals surface area contributed by atoms with E-state index in [1.807, 2.05) is 6.92 Å². The number of benzene rings is 1. The lowest BCUT2D eigenvalue weighted by atomic mass is 10.0. The Balaban J connectivity index is 3.14. The van der Waals surface area contributed by atoms with Gasteiger partial charge >= 0.3 is 6.11 Å². The van der Waals surface area contributed by atoms with Gasteiger partial charge in [-0.1, -0.05) is 13.0 Å². The van der Waals surface area contributed by atoms with E-state index in [2.05, 4.69) is 10.1 Å². The third-order valence-corrected chi connectivity index (χ3v) is 2.42. The van der Waals surface area contributed by atoms with Crippen molar-refractivity contribution >= 4 is 5.69 Å². The van der Waals surface area contributed by atoms with Gasteiger partial charge in [0, 0.05) is 25.2 Å². The Morgan fingerprint density at radius 2 is 2.00 bits per heavy atom. The summed E-state index contributed by atoms with van der Waals surface area (Å²) in [5, 5.41) is 3.02. The summed E-state index contributed by atoms with van der Waals surface area (Å²) in [4.78, 5) is 0. The van der Waals surface area contributed by atoms with Crippen LogP contribution in [0.25, 0.3) is 0 Å². The van der Waals surface area contributed by atoms with E-state index in [1.165, 1.54) is 0 Å². The van der Waals surface area contributed by atoms with Crippen LogP contribution in [-0.2, 0) is 6.42 Å². The smallest absolute Gasteiger partial charge is 0.394 e. The van der Waals surface area contributed by atoms with E-state index in [4.69, 9.17) is 0 Å². The molecule has 16 heavy (non-hydrogen) atoms. The van der Waals surface area contributed by atoms with Gasteiger partial charge in [0.15, 0.2) is 0 Å². The number of halogens is 2. The van der Waals surface area contributed by atoms with Gasteiger partial charge in [0.25, 0.3) is 0 Å². The zero-order valence-corrected chi connectivity index (χ0v) is 10.0. The summed E-state index contributed by atoms with van der Waals surface area (Å²) in [6.45, 7) is 4.52. The van der Waals surface area contributed by atoms with Gasteiger partial charge in [-0.05, 0) is 25.0 Å². The van der Waals surface area contributed by atoms with E-state index in [1.54, 1.807) is 26.1 Å². The summed E-state index contributed by atoms with van der Waals surface area (Å²) >= 11 is 0. The summed E-state index contributed by atoms with van der Waals surface area (Å²) in [7, 11) is 1.77. The number of hydrogen-bond donors (Lipinski definition) is 1. The van der Waals surface area contributed by atoms with Crippen LogP contribution in [0.15, 0.2) is 12.1 Å². The maximum atomic E-state index is 12.8. The summed E-state index contributed by atoms with van der Waals surface area (Å²) in [6, 6.07) is 3.40. The monoisotopic (exact) mass is 229 g/mol. The fourth-order valence-electron chi connectivity index (χ4n) is 1.69. The van der Waals surface area contributed by atoms with Crippen LogP contribution in [0.2, 0.25) is 0 Å². The van der Waals surface area contributed by atoms with E-state index >= 15 is 0 Å². The molecule has 0 radical (unpaired) electrons. The molecule has 0 aliphatic heterocycles. The molecule has 0 spiro atoms. The molecule has 1 aromatic rings. The van der Waals surface area contributed by atoms with Crippen LogP contribution in [0.3, 0.4) is 0 Å². The van der Waals surface area contributed by atoms with Crippen molar-refractivity contribution in [3.63, 3.8) is 0 Å². The molecule has 0 saturated carbocycles. The maximum Gasteiger partial charge on any atom is 0.394 e. The minimum atomic E-state index is -3.15. The number of ether oxygens (including phenoxy) is 1. The molecule has 1 rings (SSSR count). The van der Waals surface area contributed by atoms with Crippen LogP contribution in [0.5, 0.6) is 5.75 Å². The molecule has 2 nitrogen and oxygen atoms in total. The molecule has 0 heterocycles. The number of rotatable bonds is 4. The van der Waals surface area contributed by atoms with Gasteiger partial charge in [0.05, 0.1) is 0 Å². The van der Waals surface area contributed by atoms with Crippen LogP contribution in [0.4, 0.5) is 14.5 Å². The zero-order chi connectivity index (χ0) is 12.3. The highest BCUT2D eigenvalue weighted by molar-refractivity contribution is 5.62. The zero-order valence-electron chi connectivity index (χ0n) is 10.0. The summed E-state index contributed by atoms with van der Waals surface area (Å²) < 4.78 is 30.1. The normalized spacial score (nSPS) is 11.4. The molecular formula is C12H17F2NO. The first-order chi connectivity index (χ1) is 7.39. The topological polar surface area (TPSA) is 21.3 Å². The molecule has 1 N–H and O–H groups in total. The Kier molecular flexibility index (Phi) is 3.73. The lowest BCUT2D eigenvalue weighted by Crippen LogP contribution is -2.20. The second kappa shape index (κ2) is 4.68. The van der Waals surface area contributed by atoms with Crippen molar-refractivity contribution in [2.75, 3.05) is 12.4 Å². The van der Waals surface area contributed by atoms with Crippen molar-refractivity contribution in [2.24, 2.45) is 0 Å². The lowest BCUT2D eigenvalue weighted by Gasteiger charge is -2.18. The molecule has 0 aromatic heterocycles. The summed E-state index contributed by atoms with van der Waals surface area (Å²) in [5.74, 6) is 0.217. The minimum Gasteiger partial charge on any atom is -0.432 e. The van der Waals surface area contributed by atoms with Crippen LogP contribution in [-0.4, -0.2) is 13.2 Å². The molecule has 0 fully saturated rings. The molecule has 0 atom stereocenters. The number of anilines is 1. The molecule has 0 saturated heterocycles. The maximum absolute atomic E-state index is 12.8. The molecule has 1 aromatic carbocycles. The number of hydrogen-bond acceptors (Lipinski definition) is 2. The highest BCUT2D eigenvalue weighted by Crippen LogP contribution is 2.32. The Bertz CT molecular complexity index is 372. The number of aryl methyl sites for hydroxylation is 1. The Labute approximate surface area is 94.6 Å². The Morgan fingerprint density at radius 1 is 1.38 bits per heavy atom. The van der Waals surface area contributed by atoms with E-state index in [0.29, 0.717) is 5.56 Å². The SMILES string of the molecule is CCc1ccc(OC(C)(F)F)c(C)c1NC. The van der Waals surface area contributed by atoms with Crippen LogP contribution in [0, 0.1) is 6.92 Å². The van der Waals surface area contributed by atoms with Gasteiger partial charge in [-0.2, -0.15) is 8.78 Å². The Hall–Kier alpha value is -1.32. The predicted molar refractivity (Wildman–Crippen MR) is 61.4 cm³/mol. The standard InChI is InChI=1S/C12H17F2NO/c1-5-9-6-7-10(16-12(3,13)14)8(2)11(9)15-4/h6-7,15H,5H2,1-4H3. The Morgan fingerprint density at radius 3 is 2.44 bits per heavy atom. The predicted octanol–water partition coefficient (Wildman–Crippen LogP) is 3.59. The highest BCUT2D eigenvalue weighted by Gasteiger charge is 2.24. The van der Waals surface area contributed by atoms with Crippen molar-refractivity contribution in [1.29, 1.82) is 0 Å². The van der Waals surface area contributed by atoms with Gasteiger partial charge in [-0.25, -0.2) is 0 Å². The van der Waals surface area contributed by atoms with Gasteiger partial charge in [-0.3, -0.25) is 0 Å². The molecule has 4 heteroatoms. The van der Waals surface area contributed by atoms with Crippen LogP contribution < -0.4 is 10.1 Å². The third kappa shape index (κ3) is 2.84. The van der Waals surface area contributed by atoms with E-state index in [9.17, 15) is 8.78 Å². The minimum absolute atomic E-state index is 0.217. The van der Waals surface area contributed by atoms with E-state index in [0.717, 1.165) is 24.6 Å². The fraction of sp³-hybridized carbons (Fsp3) is 0.500. The molecule has 0 aliphatic rings. The molecule has 0 amide bonds. The van der Waals surface area contributed by atoms with Gasteiger partial charge in [-0.15, -0.1) is 0 Å². The molecule has 0 unspecified atom stereocenters. The number of nitrogens with one attached hydrogen (secondary N) is 1. The van der Waals surface area contributed by atoms with Crippen molar-refractivity contribution in [3.8, 4) is 5.75 Å². The van der Waals surface area contributed by atoms with Crippen molar-refractivity contribution in [1.82, 2.24) is 0 Å². The average molecular weight is 229 g/mol. The van der Waals surface area contributed by atoms with E-state index < -0.39 is 6.11 Å². The summed E-state index contributed by atoms with van der Waals surface area (Å²) in [6.07, 6.45) is -2.30. The molecule has 0 bridgehead atoms. The first-order valence-electron chi connectivity index (χ1n) is 5.26. The first kappa shape index (κ1) is 12.7. The molecular weight excluding hydrogens is 212 g/mol. The first-order valence-corrected chi connectivity index (χ1v) is 5.26. The fourth-order valence-corrected chi connectivity index (χ4v) is 1.69. The molecule has 90 valence electrons. The lowest BCUT2D eigenvalue weighted by molar-refractivity contribution is -0.159.